The maximum Gasteiger partial charge on any atom is 0.307 e. The molecule has 26 heavy (non-hydrogen) atoms. The van der Waals surface area contributed by atoms with Crippen molar-refractivity contribution in [3.8, 4) is 0 Å². The molecule has 0 saturated carbocycles. The summed E-state index contributed by atoms with van der Waals surface area (Å²) in [4.78, 5) is 24.7. The summed E-state index contributed by atoms with van der Waals surface area (Å²) in [7, 11) is 1.40. The largest absolute Gasteiger partial charge is 0.469 e. The summed E-state index contributed by atoms with van der Waals surface area (Å²) in [6.07, 6.45) is 2.66. The van der Waals surface area contributed by atoms with E-state index >= 15 is 0 Å². The number of benzene rings is 2. The quantitative estimate of drug-likeness (QED) is 0.451. The number of fused-ring (bicyclic) bond motifs is 1. The van der Waals surface area contributed by atoms with Crippen molar-refractivity contribution in [3.05, 3.63) is 69.8 Å². The van der Waals surface area contributed by atoms with Crippen molar-refractivity contribution in [3.63, 3.8) is 0 Å². The number of methoxy groups -OCH3 is 1. The van der Waals surface area contributed by atoms with Crippen LogP contribution in [0.3, 0.4) is 0 Å². The van der Waals surface area contributed by atoms with Crippen LogP contribution in [0.4, 0.5) is 11.4 Å². The standard InChI is InChI=1S/C20H22N2O4/c1-26-20(23)14-17-8-7-16-13-18(22(24)25)9-10-19(16)21(17)12-11-15-5-3-2-4-6-15/h2-6,9-10,13,17H,7-8,11-12,14H2,1H3/t17-/m0/s1. The van der Waals surface area contributed by atoms with Gasteiger partial charge in [0.25, 0.3) is 5.69 Å². The Morgan fingerprint density at radius 2 is 2.04 bits per heavy atom. The minimum Gasteiger partial charge on any atom is -0.469 e. The smallest absolute Gasteiger partial charge is 0.307 e. The third-order valence-electron chi connectivity index (χ3n) is 4.89. The van der Waals surface area contributed by atoms with E-state index in [-0.39, 0.29) is 22.6 Å². The molecule has 0 fully saturated rings. The van der Waals surface area contributed by atoms with Crippen molar-refractivity contribution in [2.45, 2.75) is 31.7 Å². The number of nitro benzene ring substituents is 1. The van der Waals surface area contributed by atoms with Crippen molar-refractivity contribution in [2.75, 3.05) is 18.6 Å². The molecule has 0 aromatic heterocycles. The molecule has 0 saturated heterocycles. The summed E-state index contributed by atoms with van der Waals surface area (Å²) in [6, 6.07) is 15.2. The molecule has 2 aromatic carbocycles. The highest BCUT2D eigenvalue weighted by atomic mass is 16.6. The fourth-order valence-corrected chi connectivity index (χ4v) is 3.53. The van der Waals surface area contributed by atoms with Crippen molar-refractivity contribution < 1.29 is 14.5 Å². The zero-order chi connectivity index (χ0) is 18.5. The molecule has 0 aliphatic carbocycles. The lowest BCUT2D eigenvalue weighted by Crippen LogP contribution is -2.42. The first-order valence-corrected chi connectivity index (χ1v) is 8.73. The van der Waals surface area contributed by atoms with Gasteiger partial charge < -0.3 is 9.64 Å². The summed E-state index contributed by atoms with van der Waals surface area (Å²) in [5.41, 5.74) is 3.27. The van der Waals surface area contributed by atoms with Crippen molar-refractivity contribution >= 4 is 17.3 Å². The Kier molecular flexibility index (Phi) is 5.51. The van der Waals surface area contributed by atoms with Crippen LogP contribution in [0.2, 0.25) is 0 Å². The number of anilines is 1. The molecule has 136 valence electrons. The van der Waals surface area contributed by atoms with Crippen molar-refractivity contribution in [1.29, 1.82) is 0 Å². The lowest BCUT2D eigenvalue weighted by Gasteiger charge is -2.38. The molecule has 1 atom stereocenters. The fourth-order valence-electron chi connectivity index (χ4n) is 3.53. The number of rotatable bonds is 6. The molecule has 0 unspecified atom stereocenters. The minimum absolute atomic E-state index is 0.0418. The third-order valence-corrected chi connectivity index (χ3v) is 4.89. The van der Waals surface area contributed by atoms with Gasteiger partial charge in [-0.15, -0.1) is 0 Å². The lowest BCUT2D eigenvalue weighted by molar-refractivity contribution is -0.384. The second kappa shape index (κ2) is 7.99. The number of hydrogen-bond acceptors (Lipinski definition) is 5. The predicted octanol–water partition coefficient (Wildman–Crippen LogP) is 3.52. The van der Waals surface area contributed by atoms with E-state index in [9.17, 15) is 14.9 Å². The SMILES string of the molecule is COC(=O)C[C@@H]1CCc2cc([N+](=O)[O-])ccc2N1CCc1ccccc1. The molecule has 0 bridgehead atoms. The Labute approximate surface area is 152 Å². The highest BCUT2D eigenvalue weighted by molar-refractivity contribution is 5.71. The Morgan fingerprint density at radius 3 is 2.73 bits per heavy atom. The van der Waals surface area contributed by atoms with E-state index in [1.165, 1.54) is 18.7 Å². The molecule has 0 radical (unpaired) electrons. The molecule has 0 amide bonds. The van der Waals surface area contributed by atoms with E-state index < -0.39 is 0 Å². The monoisotopic (exact) mass is 354 g/mol. The number of nitrogens with zero attached hydrogens (tertiary/aromatic N) is 2. The molecule has 6 nitrogen and oxygen atoms in total. The normalized spacial score (nSPS) is 16.0. The average molecular weight is 354 g/mol. The highest BCUT2D eigenvalue weighted by Crippen LogP contribution is 2.34. The summed E-state index contributed by atoms with van der Waals surface area (Å²) < 4.78 is 4.85. The van der Waals surface area contributed by atoms with Crippen LogP contribution < -0.4 is 4.90 Å². The maximum absolute atomic E-state index is 11.8. The van der Waals surface area contributed by atoms with E-state index in [1.54, 1.807) is 6.07 Å². The molecule has 2 aromatic rings. The van der Waals surface area contributed by atoms with E-state index in [0.29, 0.717) is 6.42 Å². The molecule has 0 N–H and O–H groups in total. The first kappa shape index (κ1) is 17.9. The van der Waals surface area contributed by atoms with Gasteiger partial charge in [0.1, 0.15) is 0 Å². The number of ether oxygens (including phenoxy) is 1. The van der Waals surface area contributed by atoms with Crippen LogP contribution >= 0.6 is 0 Å². The average Bonchev–Trinajstić information content (AvgIpc) is 2.67. The zero-order valence-electron chi connectivity index (χ0n) is 14.8. The Bertz CT molecular complexity index is 792. The summed E-state index contributed by atoms with van der Waals surface area (Å²) in [6.45, 7) is 0.747. The van der Waals surface area contributed by atoms with Gasteiger partial charge in [0.05, 0.1) is 18.5 Å². The van der Waals surface area contributed by atoms with Gasteiger partial charge in [0.2, 0.25) is 0 Å². The van der Waals surface area contributed by atoms with Gasteiger partial charge >= 0.3 is 5.97 Å². The first-order chi connectivity index (χ1) is 12.6. The van der Waals surface area contributed by atoms with E-state index in [0.717, 1.165) is 37.1 Å². The molecule has 0 spiro atoms. The van der Waals surface area contributed by atoms with Gasteiger partial charge in [0.15, 0.2) is 0 Å². The van der Waals surface area contributed by atoms with Crippen LogP contribution in [-0.2, 0) is 22.4 Å². The fraction of sp³-hybridized carbons (Fsp3) is 0.350. The van der Waals surface area contributed by atoms with Crippen LogP contribution in [0.5, 0.6) is 0 Å². The summed E-state index contributed by atoms with van der Waals surface area (Å²) in [5, 5.41) is 11.1. The van der Waals surface area contributed by atoms with Crippen molar-refractivity contribution in [2.24, 2.45) is 0 Å². The number of carbonyl (C=O) groups excluding carboxylic acids is 1. The Hall–Kier alpha value is -2.89. The third kappa shape index (κ3) is 4.02. The van der Waals surface area contributed by atoms with Gasteiger partial charge in [0, 0.05) is 30.4 Å². The van der Waals surface area contributed by atoms with Gasteiger partial charge in [-0.2, -0.15) is 0 Å². The first-order valence-electron chi connectivity index (χ1n) is 8.73. The molecule has 1 aliphatic heterocycles. The second-order valence-electron chi connectivity index (χ2n) is 6.47. The molecular weight excluding hydrogens is 332 g/mol. The number of esters is 1. The predicted molar refractivity (Wildman–Crippen MR) is 99.3 cm³/mol. The molecular formula is C20H22N2O4. The highest BCUT2D eigenvalue weighted by Gasteiger charge is 2.29. The van der Waals surface area contributed by atoms with Gasteiger partial charge in [-0.25, -0.2) is 0 Å². The molecule has 1 aliphatic rings. The molecule has 6 heteroatoms. The van der Waals surface area contributed by atoms with Crippen LogP contribution in [0.25, 0.3) is 0 Å². The Morgan fingerprint density at radius 1 is 1.27 bits per heavy atom. The zero-order valence-corrected chi connectivity index (χ0v) is 14.8. The maximum atomic E-state index is 11.8. The number of carbonyl (C=O) groups is 1. The lowest BCUT2D eigenvalue weighted by atomic mass is 9.93. The molecule has 1 heterocycles. The van der Waals surface area contributed by atoms with Gasteiger partial charge in [-0.05, 0) is 36.5 Å². The topological polar surface area (TPSA) is 72.7 Å². The molecule has 3 rings (SSSR count). The number of aryl methyl sites for hydroxylation is 1. The number of hydrogen-bond donors (Lipinski definition) is 0. The van der Waals surface area contributed by atoms with Gasteiger partial charge in [-0.1, -0.05) is 30.3 Å². The number of non-ortho nitro benzene ring substituents is 1. The van der Waals surface area contributed by atoms with Crippen LogP contribution in [0.1, 0.15) is 24.0 Å². The van der Waals surface area contributed by atoms with Gasteiger partial charge in [-0.3, -0.25) is 14.9 Å². The van der Waals surface area contributed by atoms with Crippen LogP contribution in [-0.4, -0.2) is 30.6 Å². The minimum atomic E-state index is -0.366. The summed E-state index contributed by atoms with van der Waals surface area (Å²) >= 11 is 0. The van der Waals surface area contributed by atoms with Crippen LogP contribution in [0, 0.1) is 10.1 Å². The van der Waals surface area contributed by atoms with E-state index in [1.807, 2.05) is 24.3 Å². The second-order valence-corrected chi connectivity index (χ2v) is 6.47. The van der Waals surface area contributed by atoms with E-state index in [4.69, 9.17) is 4.74 Å². The van der Waals surface area contributed by atoms with E-state index in [2.05, 4.69) is 17.0 Å². The Balaban J connectivity index is 1.86. The van der Waals surface area contributed by atoms with Crippen molar-refractivity contribution in [1.82, 2.24) is 0 Å². The number of nitro groups is 1. The summed E-state index contributed by atoms with van der Waals surface area (Å²) in [5.74, 6) is -0.231. The van der Waals surface area contributed by atoms with Crippen LogP contribution in [0.15, 0.2) is 48.5 Å².